The maximum atomic E-state index is 12.3. The van der Waals surface area contributed by atoms with Crippen LogP contribution >= 0.6 is 23.2 Å². The van der Waals surface area contributed by atoms with Gasteiger partial charge in [-0.25, -0.2) is 9.69 Å². The molecule has 19 heavy (non-hydrogen) atoms. The average Bonchev–Trinajstić information content (AvgIpc) is 2.54. The number of hydrogen-bond acceptors (Lipinski definition) is 3. The van der Waals surface area contributed by atoms with Crippen molar-refractivity contribution in [1.29, 1.82) is 5.26 Å². The van der Waals surface area contributed by atoms with Crippen molar-refractivity contribution < 1.29 is 9.59 Å². The minimum absolute atomic E-state index is 0.280. The number of hydrogen-bond donors (Lipinski definition) is 1. The zero-order valence-corrected chi connectivity index (χ0v) is 11.4. The van der Waals surface area contributed by atoms with Crippen molar-refractivity contribution in [3.63, 3.8) is 0 Å². The van der Waals surface area contributed by atoms with E-state index in [1.54, 1.807) is 25.1 Å². The Kier molecular flexibility index (Phi) is 3.40. The maximum Gasteiger partial charge on any atom is 0.326 e. The summed E-state index contributed by atoms with van der Waals surface area (Å²) in [6.07, 6.45) is 0. The number of rotatable bonds is 2. The summed E-state index contributed by atoms with van der Waals surface area (Å²) in [7, 11) is 0. The molecule has 0 bridgehead atoms. The second kappa shape index (κ2) is 4.72. The Labute approximate surface area is 119 Å². The van der Waals surface area contributed by atoms with Crippen LogP contribution in [0.3, 0.4) is 0 Å². The van der Waals surface area contributed by atoms with Crippen LogP contribution in [0.4, 0.5) is 4.79 Å². The topological polar surface area (TPSA) is 73.2 Å². The maximum absolute atomic E-state index is 12.3. The van der Waals surface area contributed by atoms with E-state index < -0.39 is 17.5 Å². The molecule has 1 aromatic rings. The van der Waals surface area contributed by atoms with Crippen molar-refractivity contribution in [2.75, 3.05) is 6.54 Å². The lowest BCUT2D eigenvalue weighted by molar-refractivity contribution is -0.130. The van der Waals surface area contributed by atoms with E-state index in [9.17, 15) is 9.59 Å². The number of nitrogens with one attached hydrogen (secondary N) is 1. The predicted molar refractivity (Wildman–Crippen MR) is 69.7 cm³/mol. The van der Waals surface area contributed by atoms with Crippen molar-refractivity contribution >= 4 is 35.1 Å². The van der Waals surface area contributed by atoms with Crippen LogP contribution in [0.2, 0.25) is 10.0 Å². The second-order valence-electron chi connectivity index (χ2n) is 4.23. The van der Waals surface area contributed by atoms with E-state index in [0.29, 0.717) is 10.6 Å². The number of nitrogens with zero attached hydrogens (tertiary/aromatic N) is 2. The van der Waals surface area contributed by atoms with Gasteiger partial charge >= 0.3 is 6.03 Å². The van der Waals surface area contributed by atoms with Gasteiger partial charge in [0.15, 0.2) is 0 Å². The van der Waals surface area contributed by atoms with Crippen molar-refractivity contribution in [1.82, 2.24) is 10.2 Å². The molecule has 1 aliphatic heterocycles. The summed E-state index contributed by atoms with van der Waals surface area (Å²) in [6.45, 7) is 1.24. The van der Waals surface area contributed by atoms with Crippen LogP contribution in [0.1, 0.15) is 12.5 Å². The molecule has 1 heterocycles. The number of nitriles is 1. The monoisotopic (exact) mass is 297 g/mol. The highest BCUT2D eigenvalue weighted by atomic mass is 35.5. The minimum atomic E-state index is -1.28. The fourth-order valence-corrected chi connectivity index (χ4v) is 2.59. The summed E-state index contributed by atoms with van der Waals surface area (Å²) < 4.78 is 0. The average molecular weight is 298 g/mol. The lowest BCUT2D eigenvalue weighted by Gasteiger charge is -2.23. The Balaban J connectivity index is 2.47. The SMILES string of the molecule is CC1(c2ccc(Cl)cc2Cl)NC(=O)N(CC#N)C1=O. The Hall–Kier alpha value is -1.77. The molecule has 1 N–H and O–H groups in total. The molecule has 1 atom stereocenters. The van der Waals surface area contributed by atoms with E-state index in [4.69, 9.17) is 28.5 Å². The fraction of sp³-hybridized carbons (Fsp3) is 0.250. The Bertz CT molecular complexity index is 611. The van der Waals surface area contributed by atoms with Crippen LogP contribution in [0.15, 0.2) is 18.2 Å². The first-order valence-electron chi connectivity index (χ1n) is 5.36. The van der Waals surface area contributed by atoms with Crippen LogP contribution < -0.4 is 5.32 Å². The number of imide groups is 1. The standard InChI is InChI=1S/C12H9Cl2N3O2/c1-12(8-3-2-7(13)6-9(8)14)10(18)17(5-4-15)11(19)16-12/h2-3,6H,5H2,1H3,(H,16,19). The van der Waals surface area contributed by atoms with Crippen molar-refractivity contribution in [2.45, 2.75) is 12.5 Å². The third-order valence-corrected chi connectivity index (χ3v) is 3.52. The number of halogens is 2. The highest BCUT2D eigenvalue weighted by molar-refractivity contribution is 6.35. The van der Waals surface area contributed by atoms with Gasteiger partial charge in [-0.15, -0.1) is 0 Å². The molecule has 0 radical (unpaired) electrons. The third-order valence-electron chi connectivity index (χ3n) is 2.97. The zero-order chi connectivity index (χ0) is 14.2. The molecule has 7 heteroatoms. The Morgan fingerprint density at radius 1 is 1.42 bits per heavy atom. The van der Waals surface area contributed by atoms with Gasteiger partial charge in [0.05, 0.1) is 6.07 Å². The van der Waals surface area contributed by atoms with E-state index in [-0.39, 0.29) is 11.6 Å². The number of amides is 3. The van der Waals surface area contributed by atoms with E-state index >= 15 is 0 Å². The molecule has 0 saturated carbocycles. The van der Waals surface area contributed by atoms with Gasteiger partial charge in [-0.05, 0) is 19.1 Å². The van der Waals surface area contributed by atoms with E-state index in [1.807, 2.05) is 0 Å². The summed E-state index contributed by atoms with van der Waals surface area (Å²) in [5.41, 5.74) is -0.840. The summed E-state index contributed by atoms with van der Waals surface area (Å²) in [5.74, 6) is -0.511. The predicted octanol–water partition coefficient (Wildman–Crippen LogP) is 2.28. The molecule has 98 valence electrons. The molecule has 3 amide bonds. The quantitative estimate of drug-likeness (QED) is 0.672. The van der Waals surface area contributed by atoms with Crippen LogP contribution in [-0.4, -0.2) is 23.4 Å². The van der Waals surface area contributed by atoms with Crippen molar-refractivity contribution in [3.8, 4) is 6.07 Å². The first-order valence-corrected chi connectivity index (χ1v) is 6.12. The molecule has 5 nitrogen and oxygen atoms in total. The summed E-state index contributed by atoms with van der Waals surface area (Å²) in [5, 5.41) is 11.9. The van der Waals surface area contributed by atoms with Gasteiger partial charge in [0.2, 0.25) is 0 Å². The number of urea groups is 1. The number of carbonyl (C=O) groups excluding carboxylic acids is 2. The molecular weight excluding hydrogens is 289 g/mol. The zero-order valence-electron chi connectivity index (χ0n) is 9.91. The largest absolute Gasteiger partial charge is 0.326 e. The normalized spacial score (nSPS) is 22.3. The van der Waals surface area contributed by atoms with Gasteiger partial charge < -0.3 is 5.32 Å². The lowest BCUT2D eigenvalue weighted by Crippen LogP contribution is -2.41. The van der Waals surface area contributed by atoms with E-state index in [0.717, 1.165) is 4.90 Å². The van der Waals surface area contributed by atoms with Crippen molar-refractivity contribution in [3.05, 3.63) is 33.8 Å². The fourth-order valence-electron chi connectivity index (χ4n) is 1.99. The van der Waals surface area contributed by atoms with Gasteiger partial charge in [0.25, 0.3) is 5.91 Å². The van der Waals surface area contributed by atoms with Crippen LogP contribution in [-0.2, 0) is 10.3 Å². The summed E-state index contributed by atoms with van der Waals surface area (Å²) in [4.78, 5) is 24.8. The van der Waals surface area contributed by atoms with Gasteiger partial charge in [-0.3, -0.25) is 4.79 Å². The van der Waals surface area contributed by atoms with Gasteiger partial charge in [-0.1, -0.05) is 29.3 Å². The molecule has 1 unspecified atom stereocenters. The Morgan fingerprint density at radius 2 is 2.11 bits per heavy atom. The first kappa shape index (κ1) is 13.7. The molecule has 1 aromatic carbocycles. The Morgan fingerprint density at radius 3 is 2.68 bits per heavy atom. The smallest absolute Gasteiger partial charge is 0.319 e. The van der Waals surface area contributed by atoms with Crippen LogP contribution in [0.25, 0.3) is 0 Å². The molecular formula is C12H9Cl2N3O2. The molecule has 2 rings (SSSR count). The lowest BCUT2D eigenvalue weighted by atomic mass is 9.92. The molecule has 1 fully saturated rings. The van der Waals surface area contributed by atoms with Crippen LogP contribution in [0.5, 0.6) is 0 Å². The number of benzene rings is 1. The summed E-state index contributed by atoms with van der Waals surface area (Å²) in [6, 6.07) is 5.82. The minimum Gasteiger partial charge on any atom is -0.319 e. The summed E-state index contributed by atoms with van der Waals surface area (Å²) >= 11 is 11.9. The van der Waals surface area contributed by atoms with Gasteiger partial charge in [0, 0.05) is 15.6 Å². The highest BCUT2D eigenvalue weighted by Gasteiger charge is 2.49. The molecule has 0 aliphatic carbocycles. The number of carbonyl (C=O) groups is 2. The highest BCUT2D eigenvalue weighted by Crippen LogP contribution is 2.34. The van der Waals surface area contributed by atoms with Crippen LogP contribution in [0, 0.1) is 11.3 Å². The molecule has 1 saturated heterocycles. The molecule has 0 aromatic heterocycles. The van der Waals surface area contributed by atoms with Crippen molar-refractivity contribution in [2.24, 2.45) is 0 Å². The van der Waals surface area contributed by atoms with E-state index in [1.165, 1.54) is 6.07 Å². The van der Waals surface area contributed by atoms with Gasteiger partial charge in [-0.2, -0.15) is 5.26 Å². The molecule has 1 aliphatic rings. The van der Waals surface area contributed by atoms with Gasteiger partial charge in [0.1, 0.15) is 12.1 Å². The third kappa shape index (κ3) is 2.14. The molecule has 0 spiro atoms. The second-order valence-corrected chi connectivity index (χ2v) is 5.07. The van der Waals surface area contributed by atoms with E-state index in [2.05, 4.69) is 5.32 Å². The first-order chi connectivity index (χ1) is 8.90.